The lowest BCUT2D eigenvalue weighted by Gasteiger charge is -2.38. The normalized spacial score (nSPS) is 19.1. The largest absolute Gasteiger partial charge is 0.341 e. The fourth-order valence-electron chi connectivity index (χ4n) is 2.87. The van der Waals surface area contributed by atoms with Crippen LogP contribution in [0.1, 0.15) is 32.3 Å². The summed E-state index contributed by atoms with van der Waals surface area (Å²) in [6, 6.07) is 12.0. The van der Waals surface area contributed by atoms with Crippen LogP contribution in [-0.2, 0) is 11.2 Å². The van der Waals surface area contributed by atoms with E-state index in [2.05, 4.69) is 19.9 Å². The Kier molecular flexibility index (Phi) is 4.44. The molecule has 106 valence electrons. The highest BCUT2D eigenvalue weighted by Crippen LogP contribution is 2.29. The Morgan fingerprint density at radius 3 is 2.70 bits per heavy atom. The van der Waals surface area contributed by atoms with Crippen LogP contribution in [0.3, 0.4) is 0 Å². The minimum absolute atomic E-state index is 0.0101. The van der Waals surface area contributed by atoms with Crippen LogP contribution in [0.5, 0.6) is 0 Å². The molecule has 1 atom stereocenters. The van der Waals surface area contributed by atoms with Gasteiger partial charge in [0.15, 0.2) is 0 Å². The zero-order valence-electron chi connectivity index (χ0n) is 12.3. The van der Waals surface area contributed by atoms with Crippen molar-refractivity contribution in [3.8, 4) is 6.07 Å². The van der Waals surface area contributed by atoms with Crippen molar-refractivity contribution in [2.45, 2.75) is 33.1 Å². The summed E-state index contributed by atoms with van der Waals surface area (Å²) >= 11 is 0. The zero-order chi connectivity index (χ0) is 14.6. The molecule has 1 unspecified atom stereocenters. The van der Waals surface area contributed by atoms with Crippen LogP contribution in [0.2, 0.25) is 0 Å². The highest BCUT2D eigenvalue weighted by atomic mass is 16.2. The van der Waals surface area contributed by atoms with Crippen LogP contribution in [0.15, 0.2) is 30.3 Å². The second-order valence-corrected chi connectivity index (χ2v) is 6.40. The summed E-state index contributed by atoms with van der Waals surface area (Å²) in [6.07, 6.45) is 2.68. The van der Waals surface area contributed by atoms with Crippen LogP contribution in [0.4, 0.5) is 0 Å². The summed E-state index contributed by atoms with van der Waals surface area (Å²) in [4.78, 5) is 14.4. The van der Waals surface area contributed by atoms with E-state index in [1.54, 1.807) is 0 Å². The summed E-state index contributed by atoms with van der Waals surface area (Å²) in [5.74, 6) is -0.574. The maximum atomic E-state index is 12.5. The lowest BCUT2D eigenvalue weighted by atomic mass is 9.83. The molecule has 0 aliphatic carbocycles. The molecule has 1 fully saturated rings. The Morgan fingerprint density at radius 2 is 2.10 bits per heavy atom. The van der Waals surface area contributed by atoms with Crippen molar-refractivity contribution in [1.82, 2.24) is 4.90 Å². The third-order valence-corrected chi connectivity index (χ3v) is 3.95. The SMILES string of the molecule is CC1(C)CCCN(C(=O)C(C#N)Cc2ccccc2)C1. The topological polar surface area (TPSA) is 44.1 Å². The molecular formula is C17H22N2O. The van der Waals surface area contributed by atoms with Gasteiger partial charge < -0.3 is 4.90 Å². The standard InChI is InChI=1S/C17H22N2O/c1-17(2)9-6-10-19(13-17)16(20)15(12-18)11-14-7-4-3-5-8-14/h3-5,7-8,15H,6,9-11,13H2,1-2H3. The Balaban J connectivity index is 2.04. The van der Waals surface area contributed by atoms with E-state index in [1.807, 2.05) is 35.2 Å². The van der Waals surface area contributed by atoms with Crippen molar-refractivity contribution < 1.29 is 4.79 Å². The number of nitrogens with zero attached hydrogens (tertiary/aromatic N) is 2. The van der Waals surface area contributed by atoms with E-state index >= 15 is 0 Å². The first-order valence-electron chi connectivity index (χ1n) is 7.24. The average molecular weight is 270 g/mol. The summed E-state index contributed by atoms with van der Waals surface area (Å²) in [7, 11) is 0. The molecule has 1 saturated heterocycles. The number of carbonyl (C=O) groups is 1. The minimum atomic E-state index is -0.564. The average Bonchev–Trinajstić information content (AvgIpc) is 2.44. The smallest absolute Gasteiger partial charge is 0.240 e. The molecule has 0 aromatic heterocycles. The van der Waals surface area contributed by atoms with Gasteiger partial charge in [0.1, 0.15) is 5.92 Å². The Morgan fingerprint density at radius 1 is 1.40 bits per heavy atom. The van der Waals surface area contributed by atoms with Gasteiger partial charge in [0.2, 0.25) is 5.91 Å². The summed E-state index contributed by atoms with van der Waals surface area (Å²) in [6.45, 7) is 5.92. The van der Waals surface area contributed by atoms with Crippen molar-refractivity contribution in [1.29, 1.82) is 5.26 Å². The van der Waals surface area contributed by atoms with Gasteiger partial charge >= 0.3 is 0 Å². The second-order valence-electron chi connectivity index (χ2n) is 6.40. The van der Waals surface area contributed by atoms with Gasteiger partial charge in [-0.1, -0.05) is 44.2 Å². The van der Waals surface area contributed by atoms with E-state index in [1.165, 1.54) is 0 Å². The number of piperidine rings is 1. The van der Waals surface area contributed by atoms with Gasteiger partial charge in [0.25, 0.3) is 0 Å². The van der Waals surface area contributed by atoms with Gasteiger partial charge in [-0.3, -0.25) is 4.79 Å². The van der Waals surface area contributed by atoms with Crippen LogP contribution in [0.25, 0.3) is 0 Å². The molecule has 20 heavy (non-hydrogen) atoms. The van der Waals surface area contributed by atoms with Gasteiger partial charge in [-0.15, -0.1) is 0 Å². The number of likely N-dealkylation sites (tertiary alicyclic amines) is 1. The third-order valence-electron chi connectivity index (χ3n) is 3.95. The molecule has 1 amide bonds. The molecule has 0 spiro atoms. The van der Waals surface area contributed by atoms with Crippen molar-refractivity contribution in [3.63, 3.8) is 0 Å². The van der Waals surface area contributed by atoms with E-state index < -0.39 is 5.92 Å². The maximum absolute atomic E-state index is 12.5. The molecule has 0 bridgehead atoms. The summed E-state index contributed by atoms with van der Waals surface area (Å²) in [5, 5.41) is 9.32. The molecule has 1 heterocycles. The predicted octanol–water partition coefficient (Wildman–Crippen LogP) is 3.02. The third kappa shape index (κ3) is 3.60. The molecule has 1 aliphatic heterocycles. The number of nitriles is 1. The highest BCUT2D eigenvalue weighted by molar-refractivity contribution is 5.81. The molecule has 2 rings (SSSR count). The van der Waals surface area contributed by atoms with Gasteiger partial charge in [0.05, 0.1) is 6.07 Å². The number of hydrogen-bond donors (Lipinski definition) is 0. The maximum Gasteiger partial charge on any atom is 0.240 e. The second kappa shape index (κ2) is 6.09. The van der Waals surface area contributed by atoms with Crippen molar-refractivity contribution >= 4 is 5.91 Å². The number of benzene rings is 1. The van der Waals surface area contributed by atoms with Crippen LogP contribution >= 0.6 is 0 Å². The number of hydrogen-bond acceptors (Lipinski definition) is 2. The Bertz CT molecular complexity index is 501. The molecule has 3 nitrogen and oxygen atoms in total. The molecule has 3 heteroatoms. The number of carbonyl (C=O) groups excluding carboxylic acids is 1. The molecule has 0 saturated carbocycles. The fourth-order valence-corrected chi connectivity index (χ4v) is 2.87. The number of amides is 1. The quantitative estimate of drug-likeness (QED) is 0.847. The Hall–Kier alpha value is -1.82. The fraction of sp³-hybridized carbons (Fsp3) is 0.529. The number of rotatable bonds is 3. The van der Waals surface area contributed by atoms with Gasteiger partial charge in [0, 0.05) is 13.1 Å². The molecule has 1 aliphatic rings. The first kappa shape index (κ1) is 14.6. The molecular weight excluding hydrogens is 248 g/mol. The highest BCUT2D eigenvalue weighted by Gasteiger charge is 2.32. The monoisotopic (exact) mass is 270 g/mol. The van der Waals surface area contributed by atoms with Crippen molar-refractivity contribution in [3.05, 3.63) is 35.9 Å². The minimum Gasteiger partial charge on any atom is -0.341 e. The van der Waals surface area contributed by atoms with E-state index in [0.29, 0.717) is 6.42 Å². The predicted molar refractivity (Wildman–Crippen MR) is 78.8 cm³/mol. The van der Waals surface area contributed by atoms with Crippen molar-refractivity contribution in [2.24, 2.45) is 11.3 Å². The molecule has 1 aromatic rings. The zero-order valence-corrected chi connectivity index (χ0v) is 12.3. The lowest BCUT2D eigenvalue weighted by Crippen LogP contribution is -2.46. The Labute approximate surface area is 121 Å². The van der Waals surface area contributed by atoms with Crippen LogP contribution in [0, 0.1) is 22.7 Å². The first-order chi connectivity index (χ1) is 9.52. The first-order valence-corrected chi connectivity index (χ1v) is 7.24. The van der Waals surface area contributed by atoms with Crippen molar-refractivity contribution in [2.75, 3.05) is 13.1 Å². The van der Waals surface area contributed by atoms with E-state index in [4.69, 9.17) is 0 Å². The van der Waals surface area contributed by atoms with Gasteiger partial charge in [-0.05, 0) is 30.2 Å². The van der Waals surface area contributed by atoms with E-state index in [0.717, 1.165) is 31.5 Å². The molecule has 0 radical (unpaired) electrons. The molecule has 1 aromatic carbocycles. The summed E-state index contributed by atoms with van der Waals surface area (Å²) < 4.78 is 0. The van der Waals surface area contributed by atoms with Gasteiger partial charge in [-0.25, -0.2) is 0 Å². The van der Waals surface area contributed by atoms with Crippen LogP contribution in [-0.4, -0.2) is 23.9 Å². The van der Waals surface area contributed by atoms with E-state index in [-0.39, 0.29) is 11.3 Å². The lowest BCUT2D eigenvalue weighted by molar-refractivity contribution is -0.136. The summed E-state index contributed by atoms with van der Waals surface area (Å²) in [5.41, 5.74) is 1.21. The van der Waals surface area contributed by atoms with Crippen LogP contribution < -0.4 is 0 Å². The van der Waals surface area contributed by atoms with E-state index in [9.17, 15) is 10.1 Å². The molecule has 0 N–H and O–H groups in total. The van der Waals surface area contributed by atoms with Gasteiger partial charge in [-0.2, -0.15) is 5.26 Å².